The number of hydrogen-bond acceptors (Lipinski definition) is 6. The molecular weight excluding hydrogens is 473 g/mol. The van der Waals surface area contributed by atoms with Gasteiger partial charge in [0.15, 0.2) is 5.16 Å². The second-order valence-corrected chi connectivity index (χ2v) is 8.51. The van der Waals surface area contributed by atoms with Crippen LogP contribution in [0.4, 0.5) is 5.69 Å². The maximum absolute atomic E-state index is 11.2. The largest absolute Gasteiger partial charge is 0.495 e. The number of methoxy groups -OCH3 is 1. The Morgan fingerprint density at radius 2 is 1.91 bits per heavy atom. The number of fused-ring (bicyclic) bond motifs is 1. The molecule has 0 amide bonds. The molecule has 3 aromatic carbocycles. The summed E-state index contributed by atoms with van der Waals surface area (Å²) in [4.78, 5) is 15.4. The van der Waals surface area contributed by atoms with Crippen LogP contribution < -0.4 is 9.47 Å². The van der Waals surface area contributed by atoms with Crippen LogP contribution in [-0.2, 0) is 0 Å². The van der Waals surface area contributed by atoms with Gasteiger partial charge in [-0.25, -0.2) is 4.98 Å². The Bertz CT molecular complexity index is 1300. The van der Waals surface area contributed by atoms with Crippen molar-refractivity contribution in [3.63, 3.8) is 0 Å². The minimum atomic E-state index is -0.432. The Labute approximate surface area is 198 Å². The fourth-order valence-corrected chi connectivity index (χ4v) is 4.48. The van der Waals surface area contributed by atoms with E-state index >= 15 is 0 Å². The van der Waals surface area contributed by atoms with Crippen LogP contribution >= 0.6 is 35.0 Å². The van der Waals surface area contributed by atoms with Crippen molar-refractivity contribution >= 4 is 51.7 Å². The summed E-state index contributed by atoms with van der Waals surface area (Å²) in [6.07, 6.45) is 0. The summed E-state index contributed by atoms with van der Waals surface area (Å²) in [5.74, 6) is 1.78. The molecule has 0 aliphatic heterocycles. The third kappa shape index (κ3) is 4.62. The van der Waals surface area contributed by atoms with Crippen LogP contribution in [-0.4, -0.2) is 33.9 Å². The van der Waals surface area contributed by atoms with Crippen LogP contribution in [0, 0.1) is 10.1 Å². The molecule has 0 saturated heterocycles. The van der Waals surface area contributed by atoms with Gasteiger partial charge in [0.1, 0.15) is 11.5 Å². The Kier molecular flexibility index (Phi) is 6.74. The molecular formula is C22H17Cl2N3O4S. The van der Waals surface area contributed by atoms with E-state index < -0.39 is 4.92 Å². The normalized spacial score (nSPS) is 11.0. The molecule has 164 valence electrons. The average Bonchev–Trinajstić information content (AvgIpc) is 3.15. The summed E-state index contributed by atoms with van der Waals surface area (Å²) < 4.78 is 13.2. The number of thioether (sulfide) groups is 1. The number of nitro benzene ring substituents is 1. The third-order valence-corrected chi connectivity index (χ3v) is 6.04. The number of aromatic nitrogens is 2. The lowest BCUT2D eigenvalue weighted by atomic mass is 10.2. The van der Waals surface area contributed by atoms with Crippen molar-refractivity contribution in [2.45, 2.75) is 5.16 Å². The third-order valence-electron chi connectivity index (χ3n) is 4.61. The lowest BCUT2D eigenvalue weighted by Gasteiger charge is -2.13. The molecule has 1 heterocycles. The van der Waals surface area contributed by atoms with Gasteiger partial charge in [-0.2, -0.15) is 0 Å². The van der Waals surface area contributed by atoms with Crippen LogP contribution in [0.3, 0.4) is 0 Å². The first kappa shape index (κ1) is 22.3. The molecule has 10 heteroatoms. The van der Waals surface area contributed by atoms with Gasteiger partial charge >= 0.3 is 0 Å². The molecule has 32 heavy (non-hydrogen) atoms. The van der Waals surface area contributed by atoms with Gasteiger partial charge < -0.3 is 9.47 Å². The van der Waals surface area contributed by atoms with Gasteiger partial charge in [0.25, 0.3) is 5.69 Å². The fourth-order valence-electron chi connectivity index (χ4n) is 3.18. The standard InChI is InChI=1S/C22H17Cl2N3O4S/c1-30-21-5-3-2-4-19(21)26-18-8-7-15(27(28)29)13-17(18)25-22(26)32-11-10-31-20-9-6-14(23)12-16(20)24/h2-9,12-13H,10-11H2,1H3. The molecule has 7 nitrogen and oxygen atoms in total. The molecule has 0 radical (unpaired) electrons. The van der Waals surface area contributed by atoms with Crippen LogP contribution in [0.2, 0.25) is 10.0 Å². The monoisotopic (exact) mass is 489 g/mol. The Morgan fingerprint density at radius 3 is 2.66 bits per heavy atom. The second-order valence-electron chi connectivity index (χ2n) is 6.60. The number of hydrogen-bond donors (Lipinski definition) is 0. The number of ether oxygens (including phenoxy) is 2. The predicted octanol–water partition coefficient (Wildman–Crippen LogP) is 6.42. The van der Waals surface area contributed by atoms with Gasteiger partial charge in [-0.15, -0.1) is 0 Å². The first-order valence-corrected chi connectivity index (χ1v) is 11.2. The molecule has 0 saturated carbocycles. The van der Waals surface area contributed by atoms with Gasteiger partial charge in [0.05, 0.1) is 40.4 Å². The summed E-state index contributed by atoms with van der Waals surface area (Å²) >= 11 is 13.5. The summed E-state index contributed by atoms with van der Waals surface area (Å²) in [5, 5.41) is 12.9. The zero-order valence-electron chi connectivity index (χ0n) is 16.8. The van der Waals surface area contributed by atoms with E-state index in [9.17, 15) is 10.1 Å². The van der Waals surface area contributed by atoms with Crippen molar-refractivity contribution in [2.75, 3.05) is 19.5 Å². The number of rotatable bonds is 8. The van der Waals surface area contributed by atoms with Crippen molar-refractivity contribution in [3.05, 3.63) is 80.8 Å². The van der Waals surface area contributed by atoms with E-state index in [2.05, 4.69) is 4.98 Å². The molecule has 1 aromatic heterocycles. The first-order chi connectivity index (χ1) is 15.5. The van der Waals surface area contributed by atoms with Gasteiger partial charge in [0, 0.05) is 22.9 Å². The summed E-state index contributed by atoms with van der Waals surface area (Å²) in [6, 6.07) is 17.2. The molecule has 0 spiro atoms. The molecule has 4 aromatic rings. The fraction of sp³-hybridized carbons (Fsp3) is 0.136. The topological polar surface area (TPSA) is 79.4 Å². The summed E-state index contributed by atoms with van der Waals surface area (Å²) in [5.41, 5.74) is 2.04. The highest BCUT2D eigenvalue weighted by Gasteiger charge is 2.18. The Balaban J connectivity index is 1.64. The number of nitro groups is 1. The molecule has 4 rings (SSSR count). The summed E-state index contributed by atoms with van der Waals surface area (Å²) in [6.45, 7) is 0.376. The number of non-ortho nitro benzene ring substituents is 1. The molecule has 0 unspecified atom stereocenters. The zero-order chi connectivity index (χ0) is 22.7. The highest BCUT2D eigenvalue weighted by molar-refractivity contribution is 7.99. The first-order valence-electron chi connectivity index (χ1n) is 9.49. The molecule has 0 bridgehead atoms. The smallest absolute Gasteiger partial charge is 0.271 e. The quantitative estimate of drug-likeness (QED) is 0.123. The van der Waals surface area contributed by atoms with Gasteiger partial charge in [-0.1, -0.05) is 47.1 Å². The highest BCUT2D eigenvalue weighted by Crippen LogP contribution is 2.34. The minimum Gasteiger partial charge on any atom is -0.495 e. The number of benzene rings is 3. The maximum atomic E-state index is 11.2. The average molecular weight is 490 g/mol. The maximum Gasteiger partial charge on any atom is 0.271 e. The van der Waals surface area contributed by atoms with Crippen molar-refractivity contribution in [1.82, 2.24) is 9.55 Å². The number of nitrogens with zero attached hydrogens (tertiary/aromatic N) is 3. The van der Waals surface area contributed by atoms with Gasteiger partial charge in [-0.05, 0) is 36.4 Å². The summed E-state index contributed by atoms with van der Waals surface area (Å²) in [7, 11) is 1.60. The molecule has 0 aliphatic rings. The van der Waals surface area contributed by atoms with Crippen molar-refractivity contribution in [1.29, 1.82) is 0 Å². The van der Waals surface area contributed by atoms with E-state index in [0.29, 0.717) is 44.6 Å². The number of para-hydroxylation sites is 2. The second kappa shape index (κ2) is 9.68. The van der Waals surface area contributed by atoms with Crippen LogP contribution in [0.1, 0.15) is 0 Å². The molecule has 0 fully saturated rings. The minimum absolute atomic E-state index is 0.0144. The van der Waals surface area contributed by atoms with Crippen LogP contribution in [0.5, 0.6) is 11.5 Å². The SMILES string of the molecule is COc1ccccc1-n1c(SCCOc2ccc(Cl)cc2Cl)nc2cc([N+](=O)[O-])ccc21. The molecule has 0 aliphatic carbocycles. The molecule has 0 N–H and O–H groups in total. The van der Waals surface area contributed by atoms with E-state index in [4.69, 9.17) is 32.7 Å². The van der Waals surface area contributed by atoms with Gasteiger partial charge in [0.2, 0.25) is 0 Å². The van der Waals surface area contributed by atoms with Crippen molar-refractivity contribution in [2.24, 2.45) is 0 Å². The predicted molar refractivity (Wildman–Crippen MR) is 127 cm³/mol. The van der Waals surface area contributed by atoms with E-state index in [1.54, 1.807) is 31.4 Å². The van der Waals surface area contributed by atoms with E-state index in [1.807, 2.05) is 28.8 Å². The van der Waals surface area contributed by atoms with Gasteiger partial charge in [-0.3, -0.25) is 14.7 Å². The lowest BCUT2D eigenvalue weighted by Crippen LogP contribution is -2.04. The number of imidazole rings is 1. The Hall–Kier alpha value is -2.94. The van der Waals surface area contributed by atoms with E-state index in [0.717, 1.165) is 11.2 Å². The highest BCUT2D eigenvalue weighted by atomic mass is 35.5. The van der Waals surface area contributed by atoms with Crippen molar-refractivity contribution < 1.29 is 14.4 Å². The van der Waals surface area contributed by atoms with E-state index in [1.165, 1.54) is 23.9 Å². The zero-order valence-corrected chi connectivity index (χ0v) is 19.2. The Morgan fingerprint density at radius 1 is 1.09 bits per heavy atom. The van der Waals surface area contributed by atoms with Crippen LogP contribution in [0.25, 0.3) is 16.7 Å². The van der Waals surface area contributed by atoms with Crippen molar-refractivity contribution in [3.8, 4) is 17.2 Å². The molecule has 0 atom stereocenters. The lowest BCUT2D eigenvalue weighted by molar-refractivity contribution is -0.384. The van der Waals surface area contributed by atoms with Crippen LogP contribution in [0.15, 0.2) is 65.8 Å². The van der Waals surface area contributed by atoms with E-state index in [-0.39, 0.29) is 5.69 Å². The number of halogens is 2.